The Kier molecular flexibility index (Phi) is 1.97. The fraction of sp³-hybridized carbons (Fsp3) is 0.0833. The molecule has 3 nitrogen and oxygen atoms in total. The lowest BCUT2D eigenvalue weighted by Crippen LogP contribution is -1.84. The van der Waals surface area contributed by atoms with Gasteiger partial charge in [-0.1, -0.05) is 12.1 Å². The van der Waals surface area contributed by atoms with Gasteiger partial charge in [-0.3, -0.25) is 0 Å². The lowest BCUT2D eigenvalue weighted by atomic mass is 10.1. The minimum atomic E-state index is 0.655. The predicted octanol–water partition coefficient (Wildman–Crippen LogP) is 3.23. The van der Waals surface area contributed by atoms with Crippen LogP contribution in [-0.2, 0) is 7.05 Å². The normalized spacial score (nSPS) is 11.1. The van der Waals surface area contributed by atoms with Crippen LogP contribution in [-0.4, -0.2) is 14.5 Å². The van der Waals surface area contributed by atoms with Gasteiger partial charge in [0.2, 0.25) is 0 Å². The second kappa shape index (κ2) is 3.35. The van der Waals surface area contributed by atoms with E-state index < -0.39 is 0 Å². The molecule has 0 fully saturated rings. The van der Waals surface area contributed by atoms with Gasteiger partial charge in [0.05, 0.1) is 5.69 Å². The molecule has 0 aliphatic carbocycles. The summed E-state index contributed by atoms with van der Waals surface area (Å²) in [5.41, 5.74) is 3.38. The number of nitrogens with zero attached hydrogens (tertiary/aromatic N) is 1. The first-order valence-electron chi connectivity index (χ1n) is 5.07. The number of H-pyrrole nitrogens is 2. The van der Waals surface area contributed by atoms with E-state index in [1.54, 1.807) is 0 Å². The van der Waals surface area contributed by atoms with Crippen LogP contribution in [0.25, 0.3) is 22.2 Å². The molecule has 4 heteroatoms. The molecule has 0 spiro atoms. The van der Waals surface area contributed by atoms with Crippen molar-refractivity contribution in [3.63, 3.8) is 0 Å². The quantitative estimate of drug-likeness (QED) is 0.617. The molecule has 2 N–H and O–H groups in total. The van der Waals surface area contributed by atoms with Gasteiger partial charge in [0.1, 0.15) is 0 Å². The summed E-state index contributed by atoms with van der Waals surface area (Å²) in [5.74, 6) is 0. The van der Waals surface area contributed by atoms with Crippen molar-refractivity contribution in [2.45, 2.75) is 0 Å². The van der Waals surface area contributed by atoms with Gasteiger partial charge < -0.3 is 14.5 Å². The largest absolute Gasteiger partial charge is 0.351 e. The van der Waals surface area contributed by atoms with Gasteiger partial charge in [0.15, 0.2) is 4.77 Å². The molecular formula is C12H11N3S. The Morgan fingerprint density at radius 1 is 1.25 bits per heavy atom. The molecule has 16 heavy (non-hydrogen) atoms. The fourth-order valence-electron chi connectivity index (χ4n) is 1.92. The molecule has 0 bridgehead atoms. The summed E-state index contributed by atoms with van der Waals surface area (Å²) in [6.45, 7) is 0. The van der Waals surface area contributed by atoms with Crippen molar-refractivity contribution in [1.29, 1.82) is 0 Å². The lowest BCUT2D eigenvalue weighted by Gasteiger charge is -2.00. The summed E-state index contributed by atoms with van der Waals surface area (Å²) >= 11 is 5.02. The Bertz CT molecular complexity index is 702. The summed E-state index contributed by atoms with van der Waals surface area (Å²) in [4.78, 5) is 6.09. The van der Waals surface area contributed by atoms with Crippen LogP contribution in [0.5, 0.6) is 0 Å². The van der Waals surface area contributed by atoms with Crippen LogP contribution in [0.15, 0.2) is 36.7 Å². The van der Waals surface area contributed by atoms with Crippen LogP contribution in [0.1, 0.15) is 0 Å². The molecule has 0 aliphatic heterocycles. The van der Waals surface area contributed by atoms with E-state index in [2.05, 4.69) is 45.0 Å². The summed E-state index contributed by atoms with van der Waals surface area (Å²) < 4.78 is 2.77. The van der Waals surface area contributed by atoms with Crippen molar-refractivity contribution >= 4 is 23.1 Å². The van der Waals surface area contributed by atoms with Gasteiger partial charge >= 0.3 is 0 Å². The molecule has 0 radical (unpaired) electrons. The van der Waals surface area contributed by atoms with Gasteiger partial charge in [-0.25, -0.2) is 0 Å². The number of benzene rings is 1. The van der Waals surface area contributed by atoms with E-state index in [1.807, 2.05) is 13.2 Å². The average Bonchev–Trinajstić information content (AvgIpc) is 2.86. The Morgan fingerprint density at radius 2 is 2.12 bits per heavy atom. The number of rotatable bonds is 1. The third-order valence-electron chi connectivity index (χ3n) is 2.79. The Balaban J connectivity index is 2.24. The zero-order valence-corrected chi connectivity index (χ0v) is 9.64. The van der Waals surface area contributed by atoms with Gasteiger partial charge in [-0.15, -0.1) is 0 Å². The van der Waals surface area contributed by atoms with Crippen molar-refractivity contribution in [2.75, 3.05) is 0 Å². The smallest absolute Gasteiger partial charge is 0.174 e. The number of nitrogens with one attached hydrogen (secondary N) is 2. The van der Waals surface area contributed by atoms with E-state index in [0.717, 1.165) is 11.3 Å². The number of aromatic nitrogens is 3. The van der Waals surface area contributed by atoms with Crippen molar-refractivity contribution in [3.8, 4) is 11.3 Å². The number of aryl methyl sites for hydroxylation is 1. The number of aromatic amines is 2. The Morgan fingerprint density at radius 3 is 2.88 bits per heavy atom. The Labute approximate surface area is 97.7 Å². The minimum Gasteiger partial charge on any atom is -0.351 e. The van der Waals surface area contributed by atoms with Crippen molar-refractivity contribution < 1.29 is 0 Å². The van der Waals surface area contributed by atoms with Crippen LogP contribution in [0.2, 0.25) is 0 Å². The predicted molar refractivity (Wildman–Crippen MR) is 67.9 cm³/mol. The van der Waals surface area contributed by atoms with E-state index in [9.17, 15) is 0 Å². The molecule has 0 aliphatic rings. The molecule has 0 unspecified atom stereocenters. The number of hydrogen-bond donors (Lipinski definition) is 2. The summed E-state index contributed by atoms with van der Waals surface area (Å²) in [6, 6.07) is 8.48. The van der Waals surface area contributed by atoms with Crippen molar-refractivity contribution in [1.82, 2.24) is 14.5 Å². The molecule has 2 heterocycles. The maximum atomic E-state index is 5.02. The first-order valence-corrected chi connectivity index (χ1v) is 5.48. The third kappa shape index (κ3) is 1.39. The van der Waals surface area contributed by atoms with Crippen molar-refractivity contribution in [3.05, 3.63) is 41.4 Å². The molecule has 3 aromatic rings. The molecule has 1 aromatic carbocycles. The highest BCUT2D eigenvalue weighted by molar-refractivity contribution is 7.71. The van der Waals surface area contributed by atoms with Gasteiger partial charge in [0.25, 0.3) is 0 Å². The van der Waals surface area contributed by atoms with Crippen LogP contribution < -0.4 is 0 Å². The summed E-state index contributed by atoms with van der Waals surface area (Å²) in [6.07, 6.45) is 3.96. The zero-order chi connectivity index (χ0) is 11.1. The molecule has 0 saturated carbocycles. The van der Waals surface area contributed by atoms with Crippen LogP contribution in [0.4, 0.5) is 0 Å². The fourth-order valence-corrected chi connectivity index (χ4v) is 2.09. The maximum Gasteiger partial charge on any atom is 0.174 e. The second-order valence-electron chi connectivity index (χ2n) is 3.86. The van der Waals surface area contributed by atoms with E-state index in [1.165, 1.54) is 10.9 Å². The van der Waals surface area contributed by atoms with Gasteiger partial charge in [0, 0.05) is 30.5 Å². The molecule has 3 rings (SSSR count). The van der Waals surface area contributed by atoms with Gasteiger partial charge in [-0.05, 0) is 29.7 Å². The minimum absolute atomic E-state index is 0.655. The van der Waals surface area contributed by atoms with E-state index >= 15 is 0 Å². The number of hydrogen-bond acceptors (Lipinski definition) is 1. The molecule has 2 aromatic heterocycles. The van der Waals surface area contributed by atoms with E-state index in [0.29, 0.717) is 4.77 Å². The first kappa shape index (κ1) is 9.42. The van der Waals surface area contributed by atoms with E-state index in [4.69, 9.17) is 12.2 Å². The van der Waals surface area contributed by atoms with E-state index in [-0.39, 0.29) is 0 Å². The lowest BCUT2D eigenvalue weighted by molar-refractivity contribution is 0.969. The first-order chi connectivity index (χ1) is 7.74. The monoisotopic (exact) mass is 229 g/mol. The zero-order valence-electron chi connectivity index (χ0n) is 8.82. The summed E-state index contributed by atoms with van der Waals surface area (Å²) in [5, 5.41) is 1.25. The van der Waals surface area contributed by atoms with Gasteiger partial charge in [-0.2, -0.15) is 0 Å². The highest BCUT2D eigenvalue weighted by Crippen LogP contribution is 2.23. The molecule has 80 valence electrons. The highest BCUT2D eigenvalue weighted by Gasteiger charge is 2.02. The van der Waals surface area contributed by atoms with Crippen LogP contribution in [0, 0.1) is 4.77 Å². The molecule has 0 saturated heterocycles. The third-order valence-corrected chi connectivity index (χ3v) is 3.01. The molecule has 0 atom stereocenters. The maximum absolute atomic E-state index is 5.02. The highest BCUT2D eigenvalue weighted by atomic mass is 32.1. The number of imidazole rings is 1. The Hall–Kier alpha value is -1.81. The number of fused-ring (bicyclic) bond motifs is 1. The standard InChI is InChI=1S/C12H11N3S/c1-15-5-4-8-2-3-9(6-11(8)15)10-7-13-12(16)14-10/h2-7H,1H3,(H2,13,14,16). The second-order valence-corrected chi connectivity index (χ2v) is 4.26. The van der Waals surface area contributed by atoms with Crippen LogP contribution >= 0.6 is 12.2 Å². The van der Waals surface area contributed by atoms with Crippen molar-refractivity contribution in [2.24, 2.45) is 7.05 Å². The SMILES string of the molecule is Cn1ccc2ccc(-c3c[nH]c(=S)[nH]3)cc21. The molecule has 0 amide bonds. The topological polar surface area (TPSA) is 36.5 Å². The molecular weight excluding hydrogens is 218 g/mol. The van der Waals surface area contributed by atoms with Crippen LogP contribution in [0.3, 0.4) is 0 Å². The average molecular weight is 229 g/mol. The summed E-state index contributed by atoms with van der Waals surface area (Å²) in [7, 11) is 2.05.